The van der Waals surface area contributed by atoms with Crippen LogP contribution in [0.4, 0.5) is 0 Å². The van der Waals surface area contributed by atoms with Gasteiger partial charge in [-0.2, -0.15) is 0 Å². The molecule has 1 aromatic rings. The molecule has 0 radical (unpaired) electrons. The fourth-order valence-electron chi connectivity index (χ4n) is 1.75. The standard InChI is InChI=1S/C13H25N3/c1-11(2)10-14-6-5-12(3)9-13-15-7-8-16(13)4/h7-8,11-12,14H,5-6,9-10H2,1-4H3. The van der Waals surface area contributed by atoms with E-state index >= 15 is 0 Å². The Balaban J connectivity index is 2.16. The second-order valence-corrected chi connectivity index (χ2v) is 5.15. The highest BCUT2D eigenvalue weighted by Gasteiger charge is 2.06. The van der Waals surface area contributed by atoms with Crippen molar-refractivity contribution in [3.8, 4) is 0 Å². The van der Waals surface area contributed by atoms with E-state index in [1.807, 2.05) is 12.4 Å². The number of rotatable bonds is 7. The molecule has 0 bridgehead atoms. The Bertz CT molecular complexity index is 291. The first-order valence-electron chi connectivity index (χ1n) is 6.26. The lowest BCUT2D eigenvalue weighted by atomic mass is 10.0. The maximum absolute atomic E-state index is 4.35. The van der Waals surface area contributed by atoms with Crippen molar-refractivity contribution in [2.24, 2.45) is 18.9 Å². The van der Waals surface area contributed by atoms with E-state index < -0.39 is 0 Å². The van der Waals surface area contributed by atoms with E-state index in [9.17, 15) is 0 Å². The van der Waals surface area contributed by atoms with Gasteiger partial charge >= 0.3 is 0 Å². The van der Waals surface area contributed by atoms with Gasteiger partial charge in [0.25, 0.3) is 0 Å². The van der Waals surface area contributed by atoms with Gasteiger partial charge in [-0.3, -0.25) is 0 Å². The first kappa shape index (κ1) is 13.2. The number of imidazole rings is 1. The molecule has 0 saturated carbocycles. The summed E-state index contributed by atoms with van der Waals surface area (Å²) in [5.41, 5.74) is 0. The van der Waals surface area contributed by atoms with Gasteiger partial charge < -0.3 is 9.88 Å². The zero-order valence-corrected chi connectivity index (χ0v) is 11.0. The molecule has 1 aromatic heterocycles. The fourth-order valence-corrected chi connectivity index (χ4v) is 1.75. The second-order valence-electron chi connectivity index (χ2n) is 5.15. The fraction of sp³-hybridized carbons (Fsp3) is 0.769. The molecule has 1 atom stereocenters. The summed E-state index contributed by atoms with van der Waals surface area (Å²) in [7, 11) is 2.06. The highest BCUT2D eigenvalue weighted by Crippen LogP contribution is 2.09. The van der Waals surface area contributed by atoms with Crippen molar-refractivity contribution in [1.82, 2.24) is 14.9 Å². The lowest BCUT2D eigenvalue weighted by Gasteiger charge is -2.12. The van der Waals surface area contributed by atoms with Gasteiger partial charge in [-0.15, -0.1) is 0 Å². The van der Waals surface area contributed by atoms with Crippen molar-refractivity contribution in [3.63, 3.8) is 0 Å². The summed E-state index contributed by atoms with van der Waals surface area (Å²) in [6.45, 7) is 9.01. The van der Waals surface area contributed by atoms with E-state index in [2.05, 4.69) is 42.7 Å². The normalized spacial score (nSPS) is 13.3. The van der Waals surface area contributed by atoms with E-state index in [1.165, 1.54) is 12.2 Å². The summed E-state index contributed by atoms with van der Waals surface area (Å²) in [5, 5.41) is 3.48. The van der Waals surface area contributed by atoms with Crippen LogP contribution >= 0.6 is 0 Å². The number of hydrogen-bond acceptors (Lipinski definition) is 2. The van der Waals surface area contributed by atoms with E-state index in [1.54, 1.807) is 0 Å². The van der Waals surface area contributed by atoms with Crippen molar-refractivity contribution in [1.29, 1.82) is 0 Å². The number of nitrogens with one attached hydrogen (secondary N) is 1. The topological polar surface area (TPSA) is 29.9 Å². The largest absolute Gasteiger partial charge is 0.338 e. The Morgan fingerprint density at radius 1 is 1.38 bits per heavy atom. The highest BCUT2D eigenvalue weighted by atomic mass is 15.0. The van der Waals surface area contributed by atoms with Gasteiger partial charge in [-0.05, 0) is 31.3 Å². The molecule has 0 spiro atoms. The number of aryl methyl sites for hydroxylation is 1. The minimum atomic E-state index is 0.695. The SMILES string of the molecule is CC(C)CNCCC(C)Cc1nccn1C. The summed E-state index contributed by atoms with van der Waals surface area (Å²) in [5.74, 6) is 2.63. The van der Waals surface area contributed by atoms with Crippen molar-refractivity contribution < 1.29 is 0 Å². The van der Waals surface area contributed by atoms with Crippen LogP contribution in [-0.4, -0.2) is 22.6 Å². The van der Waals surface area contributed by atoms with Gasteiger partial charge in [0.1, 0.15) is 5.82 Å². The average Bonchev–Trinajstić information content (AvgIpc) is 2.59. The summed E-state index contributed by atoms with van der Waals surface area (Å²) < 4.78 is 2.11. The van der Waals surface area contributed by atoms with Gasteiger partial charge in [0.2, 0.25) is 0 Å². The highest BCUT2D eigenvalue weighted by molar-refractivity contribution is 4.92. The van der Waals surface area contributed by atoms with E-state index in [0.717, 1.165) is 25.4 Å². The summed E-state index contributed by atoms with van der Waals surface area (Å²) in [4.78, 5) is 4.35. The van der Waals surface area contributed by atoms with Crippen molar-refractivity contribution in [2.75, 3.05) is 13.1 Å². The number of aromatic nitrogens is 2. The monoisotopic (exact) mass is 223 g/mol. The van der Waals surface area contributed by atoms with Gasteiger partial charge in [0.05, 0.1) is 0 Å². The smallest absolute Gasteiger partial charge is 0.108 e. The van der Waals surface area contributed by atoms with Crippen molar-refractivity contribution in [3.05, 3.63) is 18.2 Å². The maximum atomic E-state index is 4.35. The van der Waals surface area contributed by atoms with Crippen LogP contribution in [0.15, 0.2) is 12.4 Å². The van der Waals surface area contributed by atoms with Crippen LogP contribution in [0.1, 0.15) is 33.0 Å². The molecule has 0 aliphatic rings. The summed E-state index contributed by atoms with van der Waals surface area (Å²) >= 11 is 0. The molecule has 1 unspecified atom stereocenters. The van der Waals surface area contributed by atoms with E-state index in [0.29, 0.717) is 5.92 Å². The van der Waals surface area contributed by atoms with Crippen molar-refractivity contribution in [2.45, 2.75) is 33.6 Å². The Morgan fingerprint density at radius 2 is 2.12 bits per heavy atom. The quantitative estimate of drug-likeness (QED) is 0.718. The zero-order chi connectivity index (χ0) is 12.0. The Labute approximate surface area is 99.3 Å². The second kappa shape index (κ2) is 6.69. The molecule has 0 aliphatic heterocycles. The minimum absolute atomic E-state index is 0.695. The van der Waals surface area contributed by atoms with Gasteiger partial charge in [-0.1, -0.05) is 20.8 Å². The molecular formula is C13H25N3. The molecule has 1 heterocycles. The molecule has 1 rings (SSSR count). The van der Waals surface area contributed by atoms with Crippen LogP contribution in [0.5, 0.6) is 0 Å². The average molecular weight is 223 g/mol. The van der Waals surface area contributed by atoms with Crippen LogP contribution < -0.4 is 5.32 Å². The third-order valence-electron chi connectivity index (χ3n) is 2.82. The van der Waals surface area contributed by atoms with E-state index in [4.69, 9.17) is 0 Å². The molecule has 0 amide bonds. The predicted octanol–water partition coefficient (Wildman–Crippen LogP) is 2.23. The van der Waals surface area contributed by atoms with Crippen LogP contribution in [-0.2, 0) is 13.5 Å². The Morgan fingerprint density at radius 3 is 2.69 bits per heavy atom. The third kappa shape index (κ3) is 4.79. The van der Waals surface area contributed by atoms with Gasteiger partial charge in [0, 0.05) is 25.9 Å². The summed E-state index contributed by atoms with van der Waals surface area (Å²) in [6, 6.07) is 0. The maximum Gasteiger partial charge on any atom is 0.108 e. The molecule has 3 heteroatoms. The van der Waals surface area contributed by atoms with Gasteiger partial charge in [0.15, 0.2) is 0 Å². The molecule has 3 nitrogen and oxygen atoms in total. The lowest BCUT2D eigenvalue weighted by molar-refractivity contribution is 0.464. The predicted molar refractivity (Wildman–Crippen MR) is 68.4 cm³/mol. The molecule has 0 aromatic carbocycles. The molecular weight excluding hydrogens is 198 g/mol. The van der Waals surface area contributed by atoms with Crippen LogP contribution in [0.2, 0.25) is 0 Å². The first-order chi connectivity index (χ1) is 7.59. The molecule has 16 heavy (non-hydrogen) atoms. The van der Waals surface area contributed by atoms with Crippen molar-refractivity contribution >= 4 is 0 Å². The van der Waals surface area contributed by atoms with Gasteiger partial charge in [-0.25, -0.2) is 4.98 Å². The van der Waals surface area contributed by atoms with Crippen LogP contribution in [0, 0.1) is 11.8 Å². The molecule has 0 aliphatic carbocycles. The van der Waals surface area contributed by atoms with Crippen LogP contribution in [0.3, 0.4) is 0 Å². The molecule has 0 fully saturated rings. The molecule has 1 N–H and O–H groups in total. The number of nitrogens with zero attached hydrogens (tertiary/aromatic N) is 2. The lowest BCUT2D eigenvalue weighted by Crippen LogP contribution is -2.22. The third-order valence-corrected chi connectivity index (χ3v) is 2.82. The Kier molecular flexibility index (Phi) is 5.53. The minimum Gasteiger partial charge on any atom is -0.338 e. The first-order valence-corrected chi connectivity index (χ1v) is 6.26. The molecule has 92 valence electrons. The van der Waals surface area contributed by atoms with E-state index in [-0.39, 0.29) is 0 Å². The summed E-state index contributed by atoms with van der Waals surface area (Å²) in [6.07, 6.45) is 6.19. The zero-order valence-electron chi connectivity index (χ0n) is 11.0. The van der Waals surface area contributed by atoms with Crippen LogP contribution in [0.25, 0.3) is 0 Å². The Hall–Kier alpha value is -0.830. The number of hydrogen-bond donors (Lipinski definition) is 1. The molecule has 0 saturated heterocycles.